The van der Waals surface area contributed by atoms with Crippen molar-refractivity contribution in [2.45, 2.75) is 45.6 Å². The third kappa shape index (κ3) is 2.53. The topological polar surface area (TPSA) is 65.4 Å². The number of aromatic nitrogens is 1. The van der Waals surface area contributed by atoms with Gasteiger partial charge < -0.3 is 9.30 Å². The number of methoxy groups -OCH3 is 1. The van der Waals surface area contributed by atoms with Crippen molar-refractivity contribution in [2.24, 2.45) is 0 Å². The lowest BCUT2D eigenvalue weighted by Crippen LogP contribution is -2.33. The zero-order valence-corrected chi connectivity index (χ0v) is 11.9. The number of pyridine rings is 1. The van der Waals surface area contributed by atoms with E-state index in [1.807, 2.05) is 6.92 Å². The molecule has 1 aromatic heterocycles. The lowest BCUT2D eigenvalue weighted by atomic mass is 9.93. The maximum Gasteiger partial charge on any atom is 0.343 e. The second-order valence-corrected chi connectivity index (χ2v) is 5.00. The first kappa shape index (κ1) is 14.5. The monoisotopic (exact) mass is 277 g/mol. The van der Waals surface area contributed by atoms with Crippen molar-refractivity contribution in [3.05, 3.63) is 33.2 Å². The fraction of sp³-hybridized carbons (Fsp3) is 0.533. The SMILES string of the molecule is CCCCn1c2c(cc(C(=O)OC)c1=O)C(=O)CCC2. The highest BCUT2D eigenvalue weighted by atomic mass is 16.5. The van der Waals surface area contributed by atoms with E-state index >= 15 is 0 Å². The minimum absolute atomic E-state index is 0.00153. The Hall–Kier alpha value is -1.91. The molecule has 1 aromatic rings. The van der Waals surface area contributed by atoms with Crippen LogP contribution >= 0.6 is 0 Å². The van der Waals surface area contributed by atoms with Gasteiger partial charge in [-0.25, -0.2) is 4.79 Å². The van der Waals surface area contributed by atoms with Gasteiger partial charge in [0.05, 0.1) is 7.11 Å². The van der Waals surface area contributed by atoms with Crippen LogP contribution in [0.15, 0.2) is 10.9 Å². The highest BCUT2D eigenvalue weighted by Gasteiger charge is 2.25. The second-order valence-electron chi connectivity index (χ2n) is 5.00. The zero-order valence-electron chi connectivity index (χ0n) is 11.9. The van der Waals surface area contributed by atoms with Gasteiger partial charge in [0.25, 0.3) is 5.56 Å². The number of unbranched alkanes of at least 4 members (excludes halogenated alkanes) is 1. The molecular formula is C15H19NO4. The van der Waals surface area contributed by atoms with E-state index in [9.17, 15) is 14.4 Å². The van der Waals surface area contributed by atoms with Crippen LogP contribution in [0, 0.1) is 0 Å². The van der Waals surface area contributed by atoms with Crippen LogP contribution in [0.1, 0.15) is 59.0 Å². The van der Waals surface area contributed by atoms with Crippen LogP contribution in [0.4, 0.5) is 0 Å². The van der Waals surface area contributed by atoms with Crippen LogP contribution in [0.3, 0.4) is 0 Å². The molecule has 108 valence electrons. The highest BCUT2D eigenvalue weighted by Crippen LogP contribution is 2.21. The van der Waals surface area contributed by atoms with Crippen molar-refractivity contribution in [1.82, 2.24) is 4.57 Å². The molecule has 0 aromatic carbocycles. The Morgan fingerprint density at radius 2 is 2.10 bits per heavy atom. The number of rotatable bonds is 4. The van der Waals surface area contributed by atoms with E-state index < -0.39 is 5.97 Å². The molecule has 1 aliphatic carbocycles. The number of ketones is 1. The molecule has 2 rings (SSSR count). The molecule has 20 heavy (non-hydrogen) atoms. The molecule has 0 aliphatic heterocycles. The lowest BCUT2D eigenvalue weighted by molar-refractivity contribution is 0.0597. The van der Waals surface area contributed by atoms with Gasteiger partial charge in [0.15, 0.2) is 5.78 Å². The summed E-state index contributed by atoms with van der Waals surface area (Å²) in [5, 5.41) is 0. The number of carbonyl (C=O) groups is 2. The van der Waals surface area contributed by atoms with Gasteiger partial charge in [-0.2, -0.15) is 0 Å². The van der Waals surface area contributed by atoms with Crippen molar-refractivity contribution in [2.75, 3.05) is 7.11 Å². The average molecular weight is 277 g/mol. The molecule has 0 spiro atoms. The van der Waals surface area contributed by atoms with Gasteiger partial charge in [0, 0.05) is 24.2 Å². The molecule has 0 fully saturated rings. The smallest absolute Gasteiger partial charge is 0.343 e. The zero-order chi connectivity index (χ0) is 14.7. The van der Waals surface area contributed by atoms with Gasteiger partial charge in [-0.1, -0.05) is 13.3 Å². The minimum Gasteiger partial charge on any atom is -0.465 e. The summed E-state index contributed by atoms with van der Waals surface area (Å²) >= 11 is 0. The van der Waals surface area contributed by atoms with E-state index in [4.69, 9.17) is 0 Å². The Morgan fingerprint density at radius 1 is 1.35 bits per heavy atom. The molecule has 5 heteroatoms. The predicted octanol–water partition coefficient (Wildman–Crippen LogP) is 1.95. The molecular weight excluding hydrogens is 258 g/mol. The fourth-order valence-corrected chi connectivity index (χ4v) is 2.57. The van der Waals surface area contributed by atoms with Crippen LogP contribution in [0.25, 0.3) is 0 Å². The number of ether oxygens (including phenoxy) is 1. The third-order valence-corrected chi connectivity index (χ3v) is 3.66. The number of Topliss-reactive ketones (excluding diaryl/α,β-unsaturated/α-hetero) is 1. The standard InChI is InChI=1S/C15H19NO4/c1-3-4-8-16-12-6-5-7-13(17)10(12)9-11(14(16)18)15(19)20-2/h9H,3-8H2,1-2H3. The fourth-order valence-electron chi connectivity index (χ4n) is 2.57. The maximum absolute atomic E-state index is 12.4. The molecule has 0 unspecified atom stereocenters. The highest BCUT2D eigenvalue weighted by molar-refractivity contribution is 6.00. The van der Waals surface area contributed by atoms with Crippen molar-refractivity contribution in [3.63, 3.8) is 0 Å². The number of hydrogen-bond donors (Lipinski definition) is 0. The Labute approximate surface area is 117 Å². The summed E-state index contributed by atoms with van der Waals surface area (Å²) < 4.78 is 6.22. The Balaban J connectivity index is 2.63. The van der Waals surface area contributed by atoms with E-state index in [0.717, 1.165) is 25.0 Å². The first-order valence-electron chi connectivity index (χ1n) is 6.98. The van der Waals surface area contributed by atoms with Gasteiger partial charge in [-0.3, -0.25) is 9.59 Å². The Morgan fingerprint density at radius 3 is 2.75 bits per heavy atom. The first-order chi connectivity index (χ1) is 9.60. The summed E-state index contributed by atoms with van der Waals surface area (Å²) in [6.45, 7) is 2.57. The number of hydrogen-bond acceptors (Lipinski definition) is 4. The summed E-state index contributed by atoms with van der Waals surface area (Å²) in [5.41, 5.74) is 0.885. The molecule has 0 saturated carbocycles. The van der Waals surface area contributed by atoms with Crippen LogP contribution < -0.4 is 5.56 Å². The number of carbonyl (C=O) groups excluding carboxylic acids is 2. The Bertz CT molecular complexity index is 601. The van der Waals surface area contributed by atoms with Crippen LogP contribution in [-0.2, 0) is 17.7 Å². The minimum atomic E-state index is -0.679. The van der Waals surface area contributed by atoms with E-state index in [1.165, 1.54) is 13.2 Å². The molecule has 0 saturated heterocycles. The van der Waals surface area contributed by atoms with Gasteiger partial charge in [0.1, 0.15) is 5.56 Å². The van der Waals surface area contributed by atoms with Crippen LogP contribution in [0.2, 0.25) is 0 Å². The second kappa shape index (κ2) is 6.03. The lowest BCUT2D eigenvalue weighted by Gasteiger charge is -2.21. The van der Waals surface area contributed by atoms with Crippen LogP contribution in [0.5, 0.6) is 0 Å². The summed E-state index contributed by atoms with van der Waals surface area (Å²) in [7, 11) is 1.24. The van der Waals surface area contributed by atoms with Gasteiger partial charge in [-0.15, -0.1) is 0 Å². The molecule has 5 nitrogen and oxygen atoms in total. The van der Waals surface area contributed by atoms with E-state index in [1.54, 1.807) is 4.57 Å². The van der Waals surface area contributed by atoms with E-state index in [2.05, 4.69) is 4.74 Å². The summed E-state index contributed by atoms with van der Waals surface area (Å²) in [6, 6.07) is 1.41. The molecule has 1 heterocycles. The van der Waals surface area contributed by atoms with Crippen molar-refractivity contribution in [1.29, 1.82) is 0 Å². The number of fused-ring (bicyclic) bond motifs is 1. The van der Waals surface area contributed by atoms with Gasteiger partial charge in [-0.05, 0) is 25.3 Å². The van der Waals surface area contributed by atoms with Crippen molar-refractivity contribution >= 4 is 11.8 Å². The average Bonchev–Trinajstić information content (AvgIpc) is 2.45. The first-order valence-corrected chi connectivity index (χ1v) is 6.98. The van der Waals surface area contributed by atoms with E-state index in [0.29, 0.717) is 24.9 Å². The summed E-state index contributed by atoms with van der Waals surface area (Å²) in [5.74, 6) is -0.678. The normalized spacial score (nSPS) is 14.0. The summed E-state index contributed by atoms with van der Waals surface area (Å²) in [6.07, 6.45) is 3.72. The molecule has 0 radical (unpaired) electrons. The quantitative estimate of drug-likeness (QED) is 0.789. The molecule has 0 amide bonds. The number of esters is 1. The largest absolute Gasteiger partial charge is 0.465 e. The van der Waals surface area contributed by atoms with Gasteiger partial charge in [0.2, 0.25) is 0 Å². The van der Waals surface area contributed by atoms with Crippen LogP contribution in [-0.4, -0.2) is 23.4 Å². The number of nitrogens with zero attached hydrogens (tertiary/aromatic N) is 1. The molecule has 1 aliphatic rings. The third-order valence-electron chi connectivity index (χ3n) is 3.66. The van der Waals surface area contributed by atoms with Crippen molar-refractivity contribution < 1.29 is 14.3 Å². The van der Waals surface area contributed by atoms with Crippen molar-refractivity contribution in [3.8, 4) is 0 Å². The molecule has 0 N–H and O–H groups in total. The summed E-state index contributed by atoms with van der Waals surface area (Å²) in [4.78, 5) is 36.1. The predicted molar refractivity (Wildman–Crippen MR) is 74.2 cm³/mol. The molecule has 0 bridgehead atoms. The van der Waals surface area contributed by atoms with E-state index in [-0.39, 0.29) is 16.9 Å². The van der Waals surface area contributed by atoms with Gasteiger partial charge >= 0.3 is 5.97 Å². The molecule has 0 atom stereocenters. The Kier molecular flexibility index (Phi) is 4.37. The maximum atomic E-state index is 12.4.